The fourth-order valence-corrected chi connectivity index (χ4v) is 7.93. The molecule has 0 saturated heterocycles. The monoisotopic (exact) mass is 954 g/mol. The summed E-state index contributed by atoms with van der Waals surface area (Å²) in [6, 6.07) is 53.4. The van der Waals surface area contributed by atoms with E-state index in [-0.39, 0.29) is 20.1 Å². The summed E-state index contributed by atoms with van der Waals surface area (Å²) in [5.74, 6) is 0. The van der Waals surface area contributed by atoms with Crippen LogP contribution in [0.2, 0.25) is 0 Å². The minimum Gasteiger partial charge on any atom is -0.501 e. The fourth-order valence-electron chi connectivity index (χ4n) is 7.93. The zero-order valence-corrected chi connectivity index (χ0v) is 35.9. The summed E-state index contributed by atoms with van der Waals surface area (Å²) < 4.78 is 6.26. The second kappa shape index (κ2) is 18.2. The molecule has 9 aromatic rings. The van der Waals surface area contributed by atoms with Gasteiger partial charge >= 0.3 is 20.1 Å². The average molecular weight is 954 g/mol. The number of aryl methyl sites for hydroxylation is 8. The molecule has 0 radical (unpaired) electrons. The molecular weight excluding hydrogens is 913 g/mol. The maximum atomic E-state index is 9.39. The molecular formula is C54H41IrN4O. The van der Waals surface area contributed by atoms with Gasteiger partial charge < -0.3 is 19.4 Å². The van der Waals surface area contributed by atoms with Gasteiger partial charge in [-0.2, -0.15) is 5.26 Å². The minimum absolute atomic E-state index is 0. The van der Waals surface area contributed by atoms with Crippen LogP contribution in [-0.2, 0) is 58.6 Å². The second-order valence-electron chi connectivity index (χ2n) is 15.3. The maximum absolute atomic E-state index is 9.39. The molecule has 60 heavy (non-hydrogen) atoms. The van der Waals surface area contributed by atoms with E-state index in [1.54, 1.807) is 6.07 Å². The number of hydrogen-bond acceptors (Lipinski definition) is 5. The quantitative estimate of drug-likeness (QED) is 0.114. The number of nitriles is 1. The van der Waals surface area contributed by atoms with Gasteiger partial charge in [0.1, 0.15) is 5.58 Å². The van der Waals surface area contributed by atoms with Crippen LogP contribution in [0.4, 0.5) is 0 Å². The second-order valence-corrected chi connectivity index (χ2v) is 15.3. The predicted molar refractivity (Wildman–Crippen MR) is 236 cm³/mol. The van der Waals surface area contributed by atoms with E-state index < -0.39 is 0 Å². The van der Waals surface area contributed by atoms with Gasteiger partial charge in [-0.25, -0.2) is 0 Å². The Morgan fingerprint density at radius 3 is 1.65 bits per heavy atom. The van der Waals surface area contributed by atoms with Crippen molar-refractivity contribution in [3.05, 3.63) is 208 Å². The van der Waals surface area contributed by atoms with Crippen molar-refractivity contribution in [2.75, 3.05) is 0 Å². The first-order valence-electron chi connectivity index (χ1n) is 20.2. The van der Waals surface area contributed by atoms with E-state index in [0.717, 1.165) is 88.7 Å². The number of rotatable bonds is 12. The standard InChI is InChI=1S/C54H41N4O.Ir/c1-36-26-51(43-10-5-3-6-11-43)57-34-45(36)22-18-40-28-39(29-41(30-40)19-23-46-35-58-52(27-37(46)2)44-12-7-4-8-13-44)17-16-38-21-25-50(56-33-38)49-15-9-14-48-47-24-20-42(32-55)31-53(47)59-54(48)49;/h3-10,12,14,20-21,24-31,33-35H,16-19,22-23H2,1-2H3;/q-3;+3. The van der Waals surface area contributed by atoms with Gasteiger partial charge in [0.2, 0.25) is 0 Å². The molecule has 0 aliphatic rings. The van der Waals surface area contributed by atoms with Gasteiger partial charge in [-0.1, -0.05) is 70.6 Å². The van der Waals surface area contributed by atoms with Crippen LogP contribution in [0.25, 0.3) is 55.7 Å². The zero-order valence-electron chi connectivity index (χ0n) is 33.6. The van der Waals surface area contributed by atoms with Crippen LogP contribution in [0.3, 0.4) is 0 Å². The molecule has 5 aromatic carbocycles. The van der Waals surface area contributed by atoms with Crippen molar-refractivity contribution in [2.45, 2.75) is 52.4 Å². The van der Waals surface area contributed by atoms with Crippen molar-refractivity contribution in [3.63, 3.8) is 0 Å². The Labute approximate surface area is 365 Å². The van der Waals surface area contributed by atoms with Gasteiger partial charge in [-0.3, -0.25) is 0 Å². The molecule has 0 aliphatic carbocycles. The van der Waals surface area contributed by atoms with Crippen molar-refractivity contribution in [1.29, 1.82) is 5.26 Å². The molecule has 0 fully saturated rings. The first-order chi connectivity index (χ1) is 29.0. The normalized spacial score (nSPS) is 11.1. The van der Waals surface area contributed by atoms with Crippen LogP contribution in [0.5, 0.6) is 0 Å². The summed E-state index contributed by atoms with van der Waals surface area (Å²) in [6.07, 6.45) is 11.5. The summed E-state index contributed by atoms with van der Waals surface area (Å²) in [4.78, 5) is 14.5. The minimum atomic E-state index is 0. The Kier molecular flexibility index (Phi) is 12.2. The summed E-state index contributed by atoms with van der Waals surface area (Å²) >= 11 is 0. The SMILES string of the molecule is Cc1cc(-c2[c-]cccc2)ncc1CCc1cc(CCc2ccc(-c3[c-]ccc4c3oc3cc(C#N)ccc34)nc2)cc(CCc2cnc(-c3[c-]cccc3)cc2C)c1.[Ir+3]. The number of hydrogen-bond donors (Lipinski definition) is 0. The van der Waals surface area contributed by atoms with Crippen LogP contribution in [0, 0.1) is 43.4 Å². The first kappa shape index (κ1) is 40.3. The zero-order chi connectivity index (χ0) is 40.1. The van der Waals surface area contributed by atoms with Crippen molar-refractivity contribution in [3.8, 4) is 39.8 Å². The van der Waals surface area contributed by atoms with E-state index in [4.69, 9.17) is 19.4 Å². The molecule has 0 unspecified atom stereocenters. The molecule has 0 atom stereocenters. The summed E-state index contributed by atoms with van der Waals surface area (Å²) in [5.41, 5.74) is 17.8. The van der Waals surface area contributed by atoms with E-state index in [0.29, 0.717) is 11.1 Å². The van der Waals surface area contributed by atoms with Gasteiger partial charge in [-0.15, -0.1) is 90.0 Å². The van der Waals surface area contributed by atoms with E-state index in [2.05, 4.69) is 92.7 Å². The number of pyridine rings is 3. The fraction of sp³-hybridized carbons (Fsp3) is 0.148. The molecule has 0 spiro atoms. The molecule has 5 nitrogen and oxygen atoms in total. The third kappa shape index (κ3) is 8.89. The number of fused-ring (bicyclic) bond motifs is 3. The van der Waals surface area contributed by atoms with E-state index in [1.807, 2.05) is 79.3 Å². The van der Waals surface area contributed by atoms with Crippen LogP contribution < -0.4 is 0 Å². The van der Waals surface area contributed by atoms with Crippen LogP contribution in [0.15, 0.2) is 144 Å². The molecule has 292 valence electrons. The van der Waals surface area contributed by atoms with Crippen LogP contribution in [0.1, 0.15) is 50.1 Å². The van der Waals surface area contributed by atoms with E-state index in [9.17, 15) is 5.26 Å². The van der Waals surface area contributed by atoms with Gasteiger partial charge in [0, 0.05) is 24.0 Å². The predicted octanol–water partition coefficient (Wildman–Crippen LogP) is 12.0. The topological polar surface area (TPSA) is 75.6 Å². The van der Waals surface area contributed by atoms with Gasteiger partial charge in [-0.05, 0) is 115 Å². The molecule has 6 heteroatoms. The molecule has 9 rings (SSSR count). The van der Waals surface area contributed by atoms with Gasteiger partial charge in [0.05, 0.1) is 17.2 Å². The Morgan fingerprint density at radius 1 is 0.533 bits per heavy atom. The van der Waals surface area contributed by atoms with Crippen molar-refractivity contribution >= 4 is 21.9 Å². The van der Waals surface area contributed by atoms with Crippen molar-refractivity contribution in [1.82, 2.24) is 15.0 Å². The maximum Gasteiger partial charge on any atom is 3.00 e. The molecule has 4 aromatic heterocycles. The molecule has 0 aliphatic heterocycles. The van der Waals surface area contributed by atoms with E-state index in [1.165, 1.54) is 44.5 Å². The number of furan rings is 1. The largest absolute Gasteiger partial charge is 3.00 e. The van der Waals surface area contributed by atoms with Crippen LogP contribution in [-0.4, -0.2) is 15.0 Å². The molecule has 0 amide bonds. The number of benzene rings is 5. The Bertz CT molecular complexity index is 2860. The smallest absolute Gasteiger partial charge is 0.501 e. The molecule has 0 bridgehead atoms. The Morgan fingerprint density at radius 2 is 1.12 bits per heavy atom. The molecule has 0 saturated carbocycles. The Hall–Kier alpha value is -6.51. The summed E-state index contributed by atoms with van der Waals surface area (Å²) in [6.45, 7) is 4.37. The van der Waals surface area contributed by atoms with Gasteiger partial charge in [0.25, 0.3) is 0 Å². The number of nitrogens with zero attached hydrogens (tertiary/aromatic N) is 4. The van der Waals surface area contributed by atoms with E-state index >= 15 is 0 Å². The molecule has 4 heterocycles. The molecule has 0 N–H and O–H groups in total. The average Bonchev–Trinajstić information content (AvgIpc) is 3.66. The Balaban J connectivity index is 0.00000499. The third-order valence-corrected chi connectivity index (χ3v) is 11.2. The summed E-state index contributed by atoms with van der Waals surface area (Å²) in [5, 5.41) is 11.4. The van der Waals surface area contributed by atoms with Crippen molar-refractivity contribution in [2.24, 2.45) is 0 Å². The van der Waals surface area contributed by atoms with Crippen LogP contribution >= 0.6 is 0 Å². The van der Waals surface area contributed by atoms with Gasteiger partial charge in [0.15, 0.2) is 0 Å². The summed E-state index contributed by atoms with van der Waals surface area (Å²) in [7, 11) is 0. The third-order valence-electron chi connectivity index (χ3n) is 11.2. The first-order valence-corrected chi connectivity index (χ1v) is 20.2. The number of aromatic nitrogens is 3. The van der Waals surface area contributed by atoms with Crippen molar-refractivity contribution < 1.29 is 24.5 Å².